The molecule has 5 nitrogen and oxygen atoms in total. The predicted molar refractivity (Wildman–Crippen MR) is 79.5 cm³/mol. The van der Waals surface area contributed by atoms with Gasteiger partial charge in [0.25, 0.3) is 0 Å². The van der Waals surface area contributed by atoms with Crippen molar-refractivity contribution in [3.05, 3.63) is 36.2 Å². The Kier molecular flexibility index (Phi) is 3.45. The molecule has 2 aliphatic heterocycles. The second-order valence-corrected chi connectivity index (χ2v) is 6.03. The van der Waals surface area contributed by atoms with E-state index in [-0.39, 0.29) is 0 Å². The van der Waals surface area contributed by atoms with Crippen molar-refractivity contribution in [2.24, 2.45) is 5.92 Å². The minimum absolute atomic E-state index is 0.648. The van der Waals surface area contributed by atoms with Crippen LogP contribution in [0.1, 0.15) is 18.7 Å². The first-order valence-electron chi connectivity index (χ1n) is 7.72. The van der Waals surface area contributed by atoms with Crippen LogP contribution >= 0.6 is 0 Å². The van der Waals surface area contributed by atoms with Gasteiger partial charge in [-0.2, -0.15) is 4.98 Å². The summed E-state index contributed by atoms with van der Waals surface area (Å²) in [6, 6.07) is 10.6. The molecule has 0 aliphatic carbocycles. The van der Waals surface area contributed by atoms with Gasteiger partial charge >= 0.3 is 0 Å². The summed E-state index contributed by atoms with van der Waals surface area (Å²) in [5.74, 6) is 2.18. The zero-order chi connectivity index (χ0) is 14.1. The highest BCUT2D eigenvalue weighted by Crippen LogP contribution is 2.26. The van der Waals surface area contributed by atoms with Crippen LogP contribution in [0.4, 0.5) is 0 Å². The quantitative estimate of drug-likeness (QED) is 0.933. The van der Waals surface area contributed by atoms with Crippen LogP contribution in [0.5, 0.6) is 0 Å². The maximum atomic E-state index is 5.41. The Balaban J connectivity index is 1.43. The third-order valence-corrected chi connectivity index (χ3v) is 4.53. The van der Waals surface area contributed by atoms with Crippen molar-refractivity contribution < 1.29 is 4.52 Å². The summed E-state index contributed by atoms with van der Waals surface area (Å²) in [6.07, 6.45) is 2.64. The molecule has 0 unspecified atom stereocenters. The molecule has 0 amide bonds. The van der Waals surface area contributed by atoms with Crippen LogP contribution in [0.2, 0.25) is 0 Å². The van der Waals surface area contributed by atoms with Crippen molar-refractivity contribution in [2.45, 2.75) is 25.4 Å². The summed E-state index contributed by atoms with van der Waals surface area (Å²) in [5, 5.41) is 7.71. The molecule has 1 aromatic heterocycles. The van der Waals surface area contributed by atoms with Crippen LogP contribution in [-0.2, 0) is 6.54 Å². The molecule has 4 rings (SSSR count). The van der Waals surface area contributed by atoms with Crippen molar-refractivity contribution in [1.82, 2.24) is 20.4 Å². The molecule has 0 bridgehead atoms. The molecule has 110 valence electrons. The van der Waals surface area contributed by atoms with E-state index in [9.17, 15) is 0 Å². The third-order valence-electron chi connectivity index (χ3n) is 4.53. The molecule has 0 spiro atoms. The maximum Gasteiger partial charge on any atom is 0.241 e. The van der Waals surface area contributed by atoms with Gasteiger partial charge in [-0.05, 0) is 25.3 Å². The lowest BCUT2D eigenvalue weighted by atomic mass is 9.94. The van der Waals surface area contributed by atoms with Crippen molar-refractivity contribution in [2.75, 3.05) is 19.6 Å². The van der Waals surface area contributed by atoms with E-state index in [0.29, 0.717) is 17.8 Å². The lowest BCUT2D eigenvalue weighted by Gasteiger charge is -2.24. The Morgan fingerprint density at radius 3 is 3.00 bits per heavy atom. The lowest BCUT2D eigenvalue weighted by Crippen LogP contribution is -2.40. The van der Waals surface area contributed by atoms with E-state index in [1.54, 1.807) is 0 Å². The van der Waals surface area contributed by atoms with Crippen LogP contribution in [0, 0.1) is 5.92 Å². The number of aromatic nitrogens is 2. The number of rotatable bonds is 3. The van der Waals surface area contributed by atoms with Gasteiger partial charge in [0.1, 0.15) is 0 Å². The monoisotopic (exact) mass is 284 g/mol. The van der Waals surface area contributed by atoms with E-state index in [4.69, 9.17) is 4.52 Å². The highest BCUT2D eigenvalue weighted by molar-refractivity contribution is 5.53. The Morgan fingerprint density at radius 1 is 1.24 bits per heavy atom. The Bertz CT molecular complexity index is 583. The maximum absolute atomic E-state index is 5.41. The van der Waals surface area contributed by atoms with Crippen molar-refractivity contribution in [3.8, 4) is 11.4 Å². The standard InChI is InChI=1S/C16H20N4O/c1-2-5-12(6-3-1)16-18-15(21-19-16)11-20-9-13-7-4-8-17-14(13)10-20/h1-3,5-6,13-14,17H,4,7-11H2/t13-,14+/m0/s1. The summed E-state index contributed by atoms with van der Waals surface area (Å²) in [4.78, 5) is 6.95. The van der Waals surface area contributed by atoms with Gasteiger partial charge in [0.2, 0.25) is 11.7 Å². The van der Waals surface area contributed by atoms with E-state index < -0.39 is 0 Å². The first-order valence-corrected chi connectivity index (χ1v) is 7.72. The van der Waals surface area contributed by atoms with Gasteiger partial charge in [-0.1, -0.05) is 35.5 Å². The predicted octanol–water partition coefficient (Wildman–Crippen LogP) is 1.92. The van der Waals surface area contributed by atoms with E-state index in [2.05, 4.69) is 20.4 Å². The summed E-state index contributed by atoms with van der Waals surface area (Å²) in [7, 11) is 0. The SMILES string of the molecule is c1ccc(-c2noc(CN3C[C@@H]4CCCN[C@@H]4C3)n2)cc1. The van der Waals surface area contributed by atoms with Gasteiger partial charge in [-0.25, -0.2) is 0 Å². The average molecular weight is 284 g/mol. The minimum atomic E-state index is 0.648. The van der Waals surface area contributed by atoms with E-state index in [0.717, 1.165) is 37.7 Å². The molecular weight excluding hydrogens is 264 g/mol. The molecule has 2 aromatic rings. The van der Waals surface area contributed by atoms with Crippen molar-refractivity contribution >= 4 is 0 Å². The lowest BCUT2D eigenvalue weighted by molar-refractivity contribution is 0.259. The van der Waals surface area contributed by atoms with Crippen LogP contribution in [0.25, 0.3) is 11.4 Å². The number of hydrogen-bond acceptors (Lipinski definition) is 5. The number of likely N-dealkylation sites (tertiary alicyclic amines) is 1. The highest BCUT2D eigenvalue weighted by atomic mass is 16.5. The summed E-state index contributed by atoms with van der Waals surface area (Å²) in [5.41, 5.74) is 1.00. The Hall–Kier alpha value is -1.72. The average Bonchev–Trinajstić information content (AvgIpc) is 3.14. The fraction of sp³-hybridized carbons (Fsp3) is 0.500. The summed E-state index contributed by atoms with van der Waals surface area (Å²) < 4.78 is 5.41. The molecule has 2 fully saturated rings. The van der Waals surface area contributed by atoms with E-state index >= 15 is 0 Å². The number of hydrogen-bond donors (Lipinski definition) is 1. The molecule has 1 N–H and O–H groups in total. The molecule has 0 radical (unpaired) electrons. The molecular formula is C16H20N4O. The van der Waals surface area contributed by atoms with Gasteiger partial charge in [0.05, 0.1) is 6.54 Å². The minimum Gasteiger partial charge on any atom is -0.338 e. The van der Waals surface area contributed by atoms with E-state index in [1.807, 2.05) is 30.3 Å². The number of nitrogens with one attached hydrogen (secondary N) is 1. The summed E-state index contributed by atoms with van der Waals surface area (Å²) in [6.45, 7) is 4.15. The fourth-order valence-corrected chi connectivity index (χ4v) is 3.48. The number of piperidine rings is 1. The van der Waals surface area contributed by atoms with Crippen LogP contribution in [0.15, 0.2) is 34.9 Å². The second kappa shape index (κ2) is 5.58. The topological polar surface area (TPSA) is 54.2 Å². The second-order valence-electron chi connectivity index (χ2n) is 6.03. The van der Waals surface area contributed by atoms with Gasteiger partial charge in [-0.3, -0.25) is 4.90 Å². The van der Waals surface area contributed by atoms with Crippen LogP contribution in [-0.4, -0.2) is 40.7 Å². The Morgan fingerprint density at radius 2 is 2.14 bits per heavy atom. The molecule has 21 heavy (non-hydrogen) atoms. The molecule has 2 aliphatic rings. The van der Waals surface area contributed by atoms with Gasteiger partial charge < -0.3 is 9.84 Å². The first-order chi connectivity index (χ1) is 10.4. The van der Waals surface area contributed by atoms with Gasteiger partial charge in [0.15, 0.2) is 0 Å². The molecule has 3 heterocycles. The molecule has 2 atom stereocenters. The van der Waals surface area contributed by atoms with E-state index in [1.165, 1.54) is 12.8 Å². The van der Waals surface area contributed by atoms with Gasteiger partial charge in [0, 0.05) is 24.7 Å². The highest BCUT2D eigenvalue weighted by Gasteiger charge is 2.34. The number of fused-ring (bicyclic) bond motifs is 1. The zero-order valence-electron chi connectivity index (χ0n) is 12.0. The summed E-state index contributed by atoms with van der Waals surface area (Å²) >= 11 is 0. The van der Waals surface area contributed by atoms with Crippen LogP contribution < -0.4 is 5.32 Å². The first kappa shape index (κ1) is 13.0. The largest absolute Gasteiger partial charge is 0.338 e. The van der Waals surface area contributed by atoms with Gasteiger partial charge in [-0.15, -0.1) is 0 Å². The number of nitrogens with zero attached hydrogens (tertiary/aromatic N) is 3. The van der Waals surface area contributed by atoms with Crippen LogP contribution in [0.3, 0.4) is 0 Å². The molecule has 2 saturated heterocycles. The third kappa shape index (κ3) is 2.71. The molecule has 5 heteroatoms. The zero-order valence-corrected chi connectivity index (χ0v) is 12.0. The Labute approximate surface area is 124 Å². The fourth-order valence-electron chi connectivity index (χ4n) is 3.48. The smallest absolute Gasteiger partial charge is 0.241 e. The normalized spacial score (nSPS) is 25.9. The van der Waals surface area contributed by atoms with Crippen molar-refractivity contribution in [1.29, 1.82) is 0 Å². The molecule has 1 aromatic carbocycles. The van der Waals surface area contributed by atoms with Crippen molar-refractivity contribution in [3.63, 3.8) is 0 Å². The molecule has 0 saturated carbocycles. The number of benzene rings is 1.